The van der Waals surface area contributed by atoms with Gasteiger partial charge in [0.15, 0.2) is 0 Å². The summed E-state index contributed by atoms with van der Waals surface area (Å²) in [5.41, 5.74) is 1.10. The zero-order valence-corrected chi connectivity index (χ0v) is 14.8. The van der Waals surface area contributed by atoms with Crippen LogP contribution in [0.3, 0.4) is 0 Å². The van der Waals surface area contributed by atoms with Crippen LogP contribution < -0.4 is 5.32 Å². The Hall–Kier alpha value is -0.810. The smallest absolute Gasteiger partial charge is 0.236 e. The third-order valence-corrected chi connectivity index (χ3v) is 4.37. The third-order valence-electron chi connectivity index (χ3n) is 4.12. The van der Waals surface area contributed by atoms with Crippen LogP contribution in [0.2, 0.25) is 5.02 Å². The first-order chi connectivity index (χ1) is 10.1. The molecule has 0 bridgehead atoms. The van der Waals surface area contributed by atoms with E-state index in [4.69, 9.17) is 11.6 Å². The van der Waals surface area contributed by atoms with Gasteiger partial charge < -0.3 is 10.2 Å². The Bertz CT molecular complexity index is 459. The molecule has 1 heterocycles. The summed E-state index contributed by atoms with van der Waals surface area (Å²) in [6, 6.07) is 7.75. The second kappa shape index (κ2) is 9.36. The summed E-state index contributed by atoms with van der Waals surface area (Å²) < 4.78 is 0. The summed E-state index contributed by atoms with van der Waals surface area (Å²) in [5, 5.41) is 4.07. The maximum atomic E-state index is 12.4. The fraction of sp³-hybridized carbons (Fsp3) is 0.562. The molecule has 1 amide bonds. The number of hydrogen-bond donors (Lipinski definition) is 1. The largest absolute Gasteiger partial charge is 0.338 e. The lowest BCUT2D eigenvalue weighted by Crippen LogP contribution is -2.40. The van der Waals surface area contributed by atoms with E-state index in [2.05, 4.69) is 10.2 Å². The molecule has 1 unspecified atom stereocenters. The summed E-state index contributed by atoms with van der Waals surface area (Å²) >= 11 is 5.91. The molecular formula is C16H25Cl2N3O. The third kappa shape index (κ3) is 5.43. The lowest BCUT2D eigenvalue weighted by Gasteiger charge is -2.28. The number of nitrogens with one attached hydrogen (secondary N) is 1. The molecule has 1 saturated heterocycles. The molecule has 0 saturated carbocycles. The molecule has 1 fully saturated rings. The van der Waals surface area contributed by atoms with E-state index in [9.17, 15) is 4.79 Å². The number of carbonyl (C=O) groups excluding carboxylic acids is 1. The Morgan fingerprint density at radius 3 is 2.68 bits per heavy atom. The van der Waals surface area contributed by atoms with Gasteiger partial charge in [0.05, 0.1) is 12.6 Å². The standard InChI is InChI=1S/C16H24ClN3O.ClH/c1-13(14-4-6-15(17)7-5-14)19(2)16(21)12-20-10-3-8-18-9-11-20;/h4-7,13,18H,3,8-12H2,1-2H3;1H. The highest BCUT2D eigenvalue weighted by atomic mass is 35.5. The maximum Gasteiger partial charge on any atom is 0.236 e. The molecule has 2 rings (SSSR count). The number of nitrogens with zero attached hydrogens (tertiary/aromatic N) is 2. The number of hydrogen-bond acceptors (Lipinski definition) is 3. The van der Waals surface area contributed by atoms with Gasteiger partial charge in [-0.3, -0.25) is 9.69 Å². The molecule has 22 heavy (non-hydrogen) atoms. The van der Waals surface area contributed by atoms with E-state index in [1.165, 1.54) is 0 Å². The van der Waals surface area contributed by atoms with E-state index in [1.807, 2.05) is 43.1 Å². The minimum atomic E-state index is 0. The molecule has 6 heteroatoms. The minimum absolute atomic E-state index is 0. The van der Waals surface area contributed by atoms with Crippen molar-refractivity contribution in [3.63, 3.8) is 0 Å². The van der Waals surface area contributed by atoms with Crippen LogP contribution in [0.5, 0.6) is 0 Å². The molecule has 0 aromatic heterocycles. The Morgan fingerprint density at radius 2 is 2.00 bits per heavy atom. The first kappa shape index (κ1) is 19.2. The van der Waals surface area contributed by atoms with Gasteiger partial charge in [0.25, 0.3) is 0 Å². The molecular weight excluding hydrogens is 321 g/mol. The van der Waals surface area contributed by atoms with E-state index >= 15 is 0 Å². The molecule has 0 aliphatic carbocycles. The second-order valence-electron chi connectivity index (χ2n) is 5.61. The van der Waals surface area contributed by atoms with E-state index in [0.29, 0.717) is 6.54 Å². The number of amides is 1. The summed E-state index contributed by atoms with van der Waals surface area (Å²) in [7, 11) is 1.87. The highest BCUT2D eigenvalue weighted by Gasteiger charge is 2.20. The highest BCUT2D eigenvalue weighted by molar-refractivity contribution is 6.30. The van der Waals surface area contributed by atoms with Gasteiger partial charge >= 0.3 is 0 Å². The van der Waals surface area contributed by atoms with Crippen molar-refractivity contribution in [3.8, 4) is 0 Å². The SMILES string of the molecule is CC(c1ccc(Cl)cc1)N(C)C(=O)CN1CCCNCC1.Cl. The van der Waals surface area contributed by atoms with Gasteiger partial charge in [-0.15, -0.1) is 12.4 Å². The molecule has 0 spiro atoms. The van der Waals surface area contributed by atoms with Gasteiger partial charge in [-0.2, -0.15) is 0 Å². The molecule has 124 valence electrons. The van der Waals surface area contributed by atoms with Crippen LogP contribution in [-0.4, -0.2) is 55.5 Å². The number of likely N-dealkylation sites (N-methyl/N-ethyl adjacent to an activating group) is 1. The number of carbonyl (C=O) groups is 1. The number of halogens is 2. The Morgan fingerprint density at radius 1 is 1.32 bits per heavy atom. The Labute approximate surface area is 144 Å². The fourth-order valence-electron chi connectivity index (χ4n) is 2.54. The molecule has 0 radical (unpaired) electrons. The van der Waals surface area contributed by atoms with Gasteiger partial charge in [-0.05, 0) is 44.1 Å². The van der Waals surface area contributed by atoms with Gasteiger partial charge in [0.1, 0.15) is 0 Å². The van der Waals surface area contributed by atoms with E-state index in [0.717, 1.165) is 43.2 Å². The molecule has 4 nitrogen and oxygen atoms in total. The molecule has 1 aromatic carbocycles. The van der Waals surface area contributed by atoms with Gasteiger partial charge in [0.2, 0.25) is 5.91 Å². The Balaban J connectivity index is 0.00000242. The van der Waals surface area contributed by atoms with Crippen LogP contribution in [0.4, 0.5) is 0 Å². The molecule has 1 N–H and O–H groups in total. The highest BCUT2D eigenvalue weighted by Crippen LogP contribution is 2.21. The van der Waals surface area contributed by atoms with Gasteiger partial charge in [-0.25, -0.2) is 0 Å². The molecule has 1 aliphatic heterocycles. The summed E-state index contributed by atoms with van der Waals surface area (Å²) in [5.74, 6) is 0.166. The average Bonchev–Trinajstić information content (AvgIpc) is 2.75. The predicted octanol–water partition coefficient (Wildman–Crippen LogP) is 2.58. The van der Waals surface area contributed by atoms with Crippen molar-refractivity contribution in [2.45, 2.75) is 19.4 Å². The van der Waals surface area contributed by atoms with Gasteiger partial charge in [-0.1, -0.05) is 23.7 Å². The minimum Gasteiger partial charge on any atom is -0.338 e. The van der Waals surface area contributed by atoms with Crippen molar-refractivity contribution in [2.24, 2.45) is 0 Å². The normalized spacial score (nSPS) is 17.2. The summed E-state index contributed by atoms with van der Waals surface area (Å²) in [6.45, 7) is 6.48. The van der Waals surface area contributed by atoms with Crippen LogP contribution in [0, 0.1) is 0 Å². The van der Waals surface area contributed by atoms with Crippen molar-refractivity contribution in [1.82, 2.24) is 15.1 Å². The van der Waals surface area contributed by atoms with Crippen molar-refractivity contribution in [2.75, 3.05) is 39.8 Å². The van der Waals surface area contributed by atoms with Crippen molar-refractivity contribution in [3.05, 3.63) is 34.9 Å². The monoisotopic (exact) mass is 345 g/mol. The average molecular weight is 346 g/mol. The summed E-state index contributed by atoms with van der Waals surface area (Å²) in [4.78, 5) is 16.5. The lowest BCUT2D eigenvalue weighted by atomic mass is 10.1. The van der Waals surface area contributed by atoms with E-state index in [-0.39, 0.29) is 24.4 Å². The van der Waals surface area contributed by atoms with E-state index in [1.54, 1.807) is 0 Å². The molecule has 1 aromatic rings. The number of benzene rings is 1. The zero-order chi connectivity index (χ0) is 15.2. The fourth-order valence-corrected chi connectivity index (χ4v) is 2.67. The van der Waals surface area contributed by atoms with E-state index < -0.39 is 0 Å². The van der Waals surface area contributed by atoms with Crippen molar-refractivity contribution < 1.29 is 4.79 Å². The summed E-state index contributed by atoms with van der Waals surface area (Å²) in [6.07, 6.45) is 1.10. The predicted molar refractivity (Wildman–Crippen MR) is 93.8 cm³/mol. The second-order valence-corrected chi connectivity index (χ2v) is 6.05. The van der Waals surface area contributed by atoms with Crippen molar-refractivity contribution in [1.29, 1.82) is 0 Å². The quantitative estimate of drug-likeness (QED) is 0.910. The Kier molecular flexibility index (Phi) is 8.18. The van der Waals surface area contributed by atoms with Crippen LogP contribution in [-0.2, 0) is 4.79 Å². The van der Waals surface area contributed by atoms with Crippen LogP contribution >= 0.6 is 24.0 Å². The maximum absolute atomic E-state index is 12.4. The first-order valence-electron chi connectivity index (χ1n) is 7.52. The first-order valence-corrected chi connectivity index (χ1v) is 7.90. The lowest BCUT2D eigenvalue weighted by molar-refractivity contribution is -0.133. The van der Waals surface area contributed by atoms with Crippen LogP contribution in [0.1, 0.15) is 24.9 Å². The van der Waals surface area contributed by atoms with Crippen LogP contribution in [0.25, 0.3) is 0 Å². The van der Waals surface area contributed by atoms with Crippen LogP contribution in [0.15, 0.2) is 24.3 Å². The van der Waals surface area contributed by atoms with Gasteiger partial charge in [0, 0.05) is 25.2 Å². The topological polar surface area (TPSA) is 35.6 Å². The number of rotatable bonds is 4. The molecule has 1 atom stereocenters. The zero-order valence-electron chi connectivity index (χ0n) is 13.2. The van der Waals surface area contributed by atoms with Crippen molar-refractivity contribution >= 4 is 29.9 Å². The molecule has 1 aliphatic rings.